The average Bonchev–Trinajstić information content (AvgIpc) is 2.89. The normalized spacial score (nSPS) is 21.2. The molecule has 0 bridgehead atoms. The van der Waals surface area contributed by atoms with E-state index in [1.165, 1.54) is 7.11 Å². The minimum atomic E-state index is -3.07. The fourth-order valence-electron chi connectivity index (χ4n) is 5.41. The summed E-state index contributed by atoms with van der Waals surface area (Å²) in [4.78, 5) is 29.4. The number of methoxy groups -OCH3 is 1. The Morgan fingerprint density at radius 1 is 1.02 bits per heavy atom. The summed E-state index contributed by atoms with van der Waals surface area (Å²) in [5.41, 5.74) is 7.34. The molecule has 3 atom stereocenters. The molecule has 1 aliphatic carbocycles. The van der Waals surface area contributed by atoms with Crippen LogP contribution in [-0.4, -0.2) is 51.8 Å². The van der Waals surface area contributed by atoms with Gasteiger partial charge in [-0.3, -0.25) is 4.79 Å². The first-order valence-corrected chi connectivity index (χ1v) is 15.3. The standard InChI is InChI=1S/C30H40N4O5Si/c1-28(2,3)39-27(36)32-24-19-14-20-30(26(35)37-7,25(24)33-34-31)21-38-40(29(4,5)6,22-15-10-8-11-16-22)23-17-12-9-13-18-23/h8-18,20,24-25H,19,21H2,1-7H3,(H,32,36)/t24-,25+,30+/m1/s1. The summed E-state index contributed by atoms with van der Waals surface area (Å²) in [5, 5.41) is 8.57. The van der Waals surface area contributed by atoms with E-state index in [2.05, 4.69) is 60.4 Å². The average molecular weight is 565 g/mol. The van der Waals surface area contributed by atoms with Crippen molar-refractivity contribution < 1.29 is 23.5 Å². The Labute approximate surface area is 237 Å². The molecule has 0 saturated carbocycles. The quantitative estimate of drug-likeness (QED) is 0.117. The Morgan fingerprint density at radius 3 is 2.02 bits per heavy atom. The molecule has 40 heavy (non-hydrogen) atoms. The second kappa shape index (κ2) is 12.3. The molecule has 0 aliphatic heterocycles. The summed E-state index contributed by atoms with van der Waals surface area (Å²) >= 11 is 0. The van der Waals surface area contributed by atoms with Crippen LogP contribution in [-0.2, 0) is 18.7 Å². The van der Waals surface area contributed by atoms with Crippen molar-refractivity contribution in [3.63, 3.8) is 0 Å². The first-order valence-electron chi connectivity index (χ1n) is 13.4. The van der Waals surface area contributed by atoms with Crippen molar-refractivity contribution in [2.24, 2.45) is 10.5 Å². The number of hydrogen-bond acceptors (Lipinski definition) is 6. The topological polar surface area (TPSA) is 123 Å². The SMILES string of the molecule is COC(=O)[C@]1(CO[Si](c2ccccc2)(c2ccccc2)C(C)(C)C)C=CC[C@@H](NC(=O)OC(C)(C)C)[C@@H]1N=[N+]=[N-]. The van der Waals surface area contributed by atoms with E-state index >= 15 is 0 Å². The Hall–Kier alpha value is -3.59. The number of ether oxygens (including phenoxy) is 2. The highest BCUT2D eigenvalue weighted by Gasteiger charge is 2.55. The highest BCUT2D eigenvalue weighted by atomic mass is 28.4. The molecule has 1 amide bonds. The maximum absolute atomic E-state index is 13.6. The van der Waals surface area contributed by atoms with Crippen molar-refractivity contribution in [1.82, 2.24) is 5.32 Å². The van der Waals surface area contributed by atoms with Gasteiger partial charge in [-0.1, -0.05) is 98.7 Å². The summed E-state index contributed by atoms with van der Waals surface area (Å²) < 4.78 is 17.8. The summed E-state index contributed by atoms with van der Waals surface area (Å²) in [6.07, 6.45) is 3.15. The van der Waals surface area contributed by atoms with Crippen molar-refractivity contribution in [3.05, 3.63) is 83.3 Å². The van der Waals surface area contributed by atoms with Gasteiger partial charge in [-0.2, -0.15) is 0 Å². The lowest BCUT2D eigenvalue weighted by molar-refractivity contribution is -0.153. The molecular weight excluding hydrogens is 524 g/mol. The van der Waals surface area contributed by atoms with Crippen molar-refractivity contribution in [2.45, 2.75) is 70.7 Å². The molecule has 0 aromatic heterocycles. The molecule has 214 valence electrons. The van der Waals surface area contributed by atoms with Crippen LogP contribution in [0.5, 0.6) is 0 Å². The van der Waals surface area contributed by atoms with E-state index in [9.17, 15) is 15.1 Å². The Morgan fingerprint density at radius 2 is 1.57 bits per heavy atom. The number of carbonyl (C=O) groups is 2. The van der Waals surface area contributed by atoms with Crippen molar-refractivity contribution >= 4 is 30.8 Å². The minimum absolute atomic E-state index is 0.125. The van der Waals surface area contributed by atoms with Gasteiger partial charge in [-0.15, -0.1) is 0 Å². The summed E-state index contributed by atoms with van der Waals surface area (Å²) in [6.45, 7) is 11.6. The van der Waals surface area contributed by atoms with Crippen LogP contribution in [0.1, 0.15) is 48.0 Å². The van der Waals surface area contributed by atoms with Gasteiger partial charge in [0.2, 0.25) is 0 Å². The second-order valence-corrected chi connectivity index (χ2v) is 16.3. The van der Waals surface area contributed by atoms with Gasteiger partial charge in [-0.25, -0.2) is 4.79 Å². The predicted octanol–water partition coefficient (Wildman–Crippen LogP) is 5.25. The lowest BCUT2D eigenvalue weighted by Gasteiger charge is -2.47. The molecule has 0 spiro atoms. The molecule has 1 aliphatic rings. The fraction of sp³-hybridized carbons (Fsp3) is 0.467. The minimum Gasteiger partial charge on any atom is -0.468 e. The van der Waals surface area contributed by atoms with E-state index in [1.54, 1.807) is 32.9 Å². The van der Waals surface area contributed by atoms with E-state index in [-0.39, 0.29) is 11.6 Å². The zero-order valence-electron chi connectivity index (χ0n) is 24.4. The summed E-state index contributed by atoms with van der Waals surface area (Å²) in [5.74, 6) is -0.616. The number of azide groups is 1. The van der Waals surface area contributed by atoms with Crippen LogP contribution in [0.3, 0.4) is 0 Å². The number of carbonyl (C=O) groups excluding carboxylic acids is 2. The molecule has 1 N–H and O–H groups in total. The molecule has 0 radical (unpaired) electrons. The fourth-order valence-corrected chi connectivity index (χ4v) is 10.0. The third-order valence-electron chi connectivity index (χ3n) is 7.10. The predicted molar refractivity (Wildman–Crippen MR) is 158 cm³/mol. The third-order valence-corrected chi connectivity index (χ3v) is 12.1. The lowest BCUT2D eigenvalue weighted by Crippen LogP contribution is -2.68. The maximum Gasteiger partial charge on any atom is 0.407 e. The number of rotatable bonds is 8. The number of benzene rings is 2. The number of nitrogens with one attached hydrogen (secondary N) is 1. The smallest absolute Gasteiger partial charge is 0.407 e. The maximum atomic E-state index is 13.6. The van der Waals surface area contributed by atoms with E-state index in [4.69, 9.17) is 13.9 Å². The van der Waals surface area contributed by atoms with Gasteiger partial charge in [0, 0.05) is 11.0 Å². The Bertz CT molecular complexity index is 1210. The highest BCUT2D eigenvalue weighted by molar-refractivity contribution is 6.99. The van der Waals surface area contributed by atoms with Gasteiger partial charge in [0.15, 0.2) is 0 Å². The van der Waals surface area contributed by atoms with E-state index in [0.29, 0.717) is 6.42 Å². The lowest BCUT2D eigenvalue weighted by atomic mass is 9.73. The van der Waals surface area contributed by atoms with Gasteiger partial charge in [-0.05, 0) is 48.1 Å². The molecule has 0 saturated heterocycles. The first-order chi connectivity index (χ1) is 18.8. The van der Waals surface area contributed by atoms with Gasteiger partial charge in [0.1, 0.15) is 11.0 Å². The zero-order chi connectivity index (χ0) is 29.6. The van der Waals surface area contributed by atoms with Crippen LogP contribution in [0, 0.1) is 5.41 Å². The molecule has 0 unspecified atom stereocenters. The van der Waals surface area contributed by atoms with Crippen LogP contribution in [0.15, 0.2) is 77.9 Å². The second-order valence-electron chi connectivity index (χ2n) is 12.0. The summed E-state index contributed by atoms with van der Waals surface area (Å²) in [7, 11) is -1.78. The van der Waals surface area contributed by atoms with Crippen LogP contribution >= 0.6 is 0 Å². The van der Waals surface area contributed by atoms with Crippen molar-refractivity contribution in [1.29, 1.82) is 0 Å². The number of alkyl carbamates (subject to hydrolysis) is 1. The third kappa shape index (κ3) is 6.41. The zero-order valence-corrected chi connectivity index (χ0v) is 25.4. The van der Waals surface area contributed by atoms with E-state index in [0.717, 1.165) is 10.4 Å². The molecule has 3 rings (SSSR count). The molecule has 2 aromatic carbocycles. The molecule has 2 aromatic rings. The molecule has 10 heteroatoms. The van der Waals surface area contributed by atoms with Crippen LogP contribution in [0.2, 0.25) is 5.04 Å². The molecular formula is C30H40N4O5Si. The van der Waals surface area contributed by atoms with Crippen molar-refractivity contribution in [2.75, 3.05) is 13.7 Å². The largest absolute Gasteiger partial charge is 0.468 e. The Kier molecular flexibility index (Phi) is 9.50. The van der Waals surface area contributed by atoms with E-state index in [1.807, 2.05) is 36.4 Å². The van der Waals surface area contributed by atoms with Crippen LogP contribution in [0.4, 0.5) is 4.79 Å². The number of amides is 1. The number of esters is 1. The first kappa shape index (κ1) is 30.9. The van der Waals surface area contributed by atoms with Crippen molar-refractivity contribution in [3.8, 4) is 0 Å². The molecule has 0 heterocycles. The number of hydrogen-bond donors (Lipinski definition) is 1. The number of nitrogens with zero attached hydrogens (tertiary/aromatic N) is 3. The van der Waals surface area contributed by atoms with Gasteiger partial charge >= 0.3 is 12.1 Å². The van der Waals surface area contributed by atoms with Gasteiger partial charge < -0.3 is 19.2 Å². The van der Waals surface area contributed by atoms with Crippen LogP contribution < -0.4 is 15.7 Å². The highest BCUT2D eigenvalue weighted by Crippen LogP contribution is 2.41. The monoisotopic (exact) mass is 564 g/mol. The van der Waals surface area contributed by atoms with Gasteiger partial charge in [0.05, 0.1) is 19.8 Å². The van der Waals surface area contributed by atoms with E-state index < -0.39 is 43.5 Å². The van der Waals surface area contributed by atoms with Gasteiger partial charge in [0.25, 0.3) is 8.32 Å². The molecule has 0 fully saturated rings. The summed E-state index contributed by atoms with van der Waals surface area (Å²) in [6, 6.07) is 18.3. The molecule has 9 nitrogen and oxygen atoms in total. The van der Waals surface area contributed by atoms with Crippen LogP contribution in [0.25, 0.3) is 10.4 Å². The Balaban J connectivity index is 2.14.